The van der Waals surface area contributed by atoms with Crippen LogP contribution in [0.1, 0.15) is 104 Å². The fraction of sp³-hybridized carbons (Fsp3) is 0.418. The zero-order valence-corrected chi connectivity index (χ0v) is 66.4. The number of carbonyl (C=O) groups excluding carboxylic acids is 12. The topological polar surface area (TPSA) is 474 Å². The number of anilines is 2. The Bertz CT molecular complexity index is 4810. The number of piperidine rings is 1. The van der Waals surface area contributed by atoms with Gasteiger partial charge in [0.2, 0.25) is 24.8 Å². The molecule has 4 amide bonds. The van der Waals surface area contributed by atoms with Crippen LogP contribution in [0.4, 0.5) is 21.0 Å². The molecule has 6 aliphatic rings. The zero-order chi connectivity index (χ0) is 86.1. The van der Waals surface area contributed by atoms with E-state index in [9.17, 15) is 76.5 Å². The van der Waals surface area contributed by atoms with E-state index in [0.29, 0.717) is 28.7 Å². The van der Waals surface area contributed by atoms with Crippen molar-refractivity contribution in [1.82, 2.24) is 9.80 Å². The third-order valence-corrected chi connectivity index (χ3v) is 19.6. The molecule has 0 saturated carbocycles. The molecule has 0 aromatic heterocycles. The molecule has 4 unspecified atom stereocenters. The van der Waals surface area contributed by atoms with E-state index in [4.69, 9.17) is 89.4 Å². The van der Waals surface area contributed by atoms with Crippen LogP contribution in [-0.4, -0.2) is 228 Å². The molecule has 40 heteroatoms. The molecule has 6 aliphatic heterocycles. The molecule has 119 heavy (non-hydrogen) atoms. The van der Waals surface area contributed by atoms with Crippen molar-refractivity contribution >= 4 is 94.5 Å². The van der Waals surface area contributed by atoms with E-state index in [-0.39, 0.29) is 99.8 Å². The number of amides is 4. The molecule has 2 N–H and O–H groups in total. The SMILES string of the molecule is C=C1CCC2C(O)N(C(=O)OCc3ccc(O[C@@H]4O[C@H](C(=O)OC)[C@@H](OC(C)=O)[C@H](OC(C)=O)[C@H]4OC(C)=O)cc3)c3cc(OCc4cc(COc5cc6c(cc5OC)C(=O)N5CC(=C)C[C@H]5C(O)N6C(=O)OCc5ccc(O[C@@H]6O[C@H](C(=O)OC)[C@@H](OC(C)=O)[C@H](OC(C)=O)[C@H]6OC(C)=O)cc5)cc(OS(=O)[O-])c4)c(OC)cc3C(=O)N2C1. The van der Waals surface area contributed by atoms with Gasteiger partial charge >= 0.3 is 59.9 Å². The lowest BCUT2D eigenvalue weighted by molar-refractivity contribution is -0.282. The second-order valence-corrected chi connectivity index (χ2v) is 28.2. The molecule has 4 saturated heterocycles. The summed E-state index contributed by atoms with van der Waals surface area (Å²) in [6, 6.07) is 18.6. The van der Waals surface area contributed by atoms with Crippen molar-refractivity contribution < 1.29 is 166 Å². The van der Waals surface area contributed by atoms with Crippen molar-refractivity contribution in [3.63, 3.8) is 0 Å². The lowest BCUT2D eigenvalue weighted by Gasteiger charge is -2.43. The normalized spacial score (nSPS) is 23.9. The Labute approximate surface area is 680 Å². The summed E-state index contributed by atoms with van der Waals surface area (Å²) in [6.07, 6.45) is -22.0. The van der Waals surface area contributed by atoms with Crippen LogP contribution in [0.3, 0.4) is 0 Å². The maximum atomic E-state index is 14.7. The Morgan fingerprint density at radius 1 is 0.471 bits per heavy atom. The number of benzene rings is 5. The number of esters is 8. The van der Waals surface area contributed by atoms with Crippen molar-refractivity contribution in [2.45, 2.75) is 173 Å². The molecule has 39 nitrogen and oxygen atoms in total. The molecule has 6 heterocycles. The third-order valence-electron chi connectivity index (χ3n) is 19.3. The number of hydrogen-bond donors (Lipinski definition) is 2. The molecule has 4 fully saturated rings. The number of aliphatic hydroxyl groups excluding tert-OH is 2. The summed E-state index contributed by atoms with van der Waals surface area (Å²) in [5.74, 6) is -9.35. The summed E-state index contributed by atoms with van der Waals surface area (Å²) in [5, 5.41) is 24.5. The van der Waals surface area contributed by atoms with E-state index >= 15 is 0 Å². The highest BCUT2D eigenvalue weighted by molar-refractivity contribution is 7.74. The Morgan fingerprint density at radius 2 is 0.849 bits per heavy atom. The summed E-state index contributed by atoms with van der Waals surface area (Å²) in [4.78, 5) is 163. The zero-order valence-electron chi connectivity index (χ0n) is 65.6. The number of methoxy groups -OCH3 is 4. The minimum absolute atomic E-state index is 0.00705. The average molecular weight is 1680 g/mol. The average Bonchev–Trinajstić information content (AvgIpc) is 1.64. The van der Waals surface area contributed by atoms with E-state index in [1.165, 1.54) is 115 Å². The Hall–Kier alpha value is -12.6. The van der Waals surface area contributed by atoms with Crippen LogP contribution >= 0.6 is 0 Å². The fourth-order valence-electron chi connectivity index (χ4n) is 14.2. The fourth-order valence-corrected chi connectivity index (χ4v) is 14.5. The first kappa shape index (κ1) is 87.2. The quantitative estimate of drug-likeness (QED) is 0.0316. The molecule has 5 aromatic rings. The van der Waals surface area contributed by atoms with Gasteiger partial charge in [0.1, 0.15) is 55.0 Å². The second-order valence-electron chi connectivity index (χ2n) is 27.7. The Balaban J connectivity index is 0.823. The molecule has 0 radical (unpaired) electrons. The first-order chi connectivity index (χ1) is 56.6. The monoisotopic (exact) mass is 1680 g/mol. The number of hydrogen-bond acceptors (Lipinski definition) is 35. The van der Waals surface area contributed by atoms with E-state index in [1.807, 2.05) is 0 Å². The van der Waals surface area contributed by atoms with Gasteiger partial charge < -0.3 is 114 Å². The van der Waals surface area contributed by atoms with Crippen LogP contribution in [0.5, 0.6) is 40.2 Å². The molecule has 11 rings (SSSR count). The maximum absolute atomic E-state index is 14.7. The van der Waals surface area contributed by atoms with E-state index in [0.717, 1.165) is 65.6 Å². The van der Waals surface area contributed by atoms with E-state index in [1.54, 1.807) is 0 Å². The first-order valence-corrected chi connectivity index (χ1v) is 37.5. The van der Waals surface area contributed by atoms with Crippen molar-refractivity contribution in [3.8, 4) is 40.2 Å². The van der Waals surface area contributed by atoms with Gasteiger partial charge in [0.05, 0.1) is 63.0 Å². The summed E-state index contributed by atoms with van der Waals surface area (Å²) < 4.78 is 131. The van der Waals surface area contributed by atoms with Crippen LogP contribution in [0.25, 0.3) is 0 Å². The van der Waals surface area contributed by atoms with Crippen LogP contribution in [0, 0.1) is 0 Å². The Kier molecular flexibility index (Phi) is 27.7. The van der Waals surface area contributed by atoms with Gasteiger partial charge in [-0.15, -0.1) is 0 Å². The van der Waals surface area contributed by atoms with Crippen molar-refractivity contribution in [2.24, 2.45) is 0 Å². The highest BCUT2D eigenvalue weighted by Gasteiger charge is 2.58. The van der Waals surface area contributed by atoms with Crippen molar-refractivity contribution in [2.75, 3.05) is 51.3 Å². The highest BCUT2D eigenvalue weighted by Crippen LogP contribution is 2.46. The molecular weight excluding hydrogens is 1600 g/mol. The van der Waals surface area contributed by atoms with Crippen LogP contribution in [0.15, 0.2) is 115 Å². The summed E-state index contributed by atoms with van der Waals surface area (Å²) in [6.45, 7) is 12.5. The summed E-state index contributed by atoms with van der Waals surface area (Å²) in [5.41, 5.74) is 1.66. The smallest absolute Gasteiger partial charge is 0.416 e. The van der Waals surface area contributed by atoms with Crippen LogP contribution < -0.4 is 42.4 Å². The van der Waals surface area contributed by atoms with Gasteiger partial charge in [-0.3, -0.25) is 38.4 Å². The second kappa shape index (κ2) is 37.8. The number of carbonyl (C=O) groups is 12. The standard InChI is InChI=1S/C79H84N4O35S/c1-37-13-22-54-72(92)82(78(96)106-33-45-14-18-49(19-15-45)114-76-68(112-43(7)88)64(110-41(5)86)62(108-39(3)84)66(116-76)74(94)102-11)55-29-60(58(100-9)27-52(55)70(90)80(54)31-37)104-35-47-24-48(26-51(25-47)118-119(98)99)36-105-61-30-56-53(28-59(61)101-10)71(91)81-32-38(2)23-57(81)73(93)83(56)79(97)107-34-46-16-20-50(21-17-46)115-77-69(113-44(8)89)65(111-42(6)87)63(109-40(4)85)67(117-77)75(95)103-12/h14-21,24-30,54,57,62-69,72-73,76-77,92-93H,1-2,13,22-23,31-36H2,3-12H3,(H,98,99)/p-1/t54?,57-,62-,63-,64-,65-,66-,67-,68+,69+,72?,73?,76+,77+/m0/s1. The molecule has 15 atom stereocenters. The van der Waals surface area contributed by atoms with Crippen molar-refractivity contribution in [3.05, 3.63) is 149 Å². The van der Waals surface area contributed by atoms with Gasteiger partial charge in [0, 0.05) is 66.8 Å². The van der Waals surface area contributed by atoms with Gasteiger partial charge in [0.15, 0.2) is 72.1 Å². The largest absolute Gasteiger partial charge is 0.740 e. The first-order valence-electron chi connectivity index (χ1n) is 36.5. The summed E-state index contributed by atoms with van der Waals surface area (Å²) >= 11 is -3.15. The minimum Gasteiger partial charge on any atom is -0.740 e. The lowest BCUT2D eigenvalue weighted by atomic mass is 9.97. The van der Waals surface area contributed by atoms with Gasteiger partial charge in [-0.25, -0.2) is 33.2 Å². The summed E-state index contributed by atoms with van der Waals surface area (Å²) in [7, 11) is 4.61. The van der Waals surface area contributed by atoms with E-state index in [2.05, 4.69) is 13.2 Å². The van der Waals surface area contributed by atoms with Gasteiger partial charge in [-0.05, 0) is 96.1 Å². The number of fused-ring (bicyclic) bond motifs is 4. The molecule has 0 aliphatic carbocycles. The van der Waals surface area contributed by atoms with E-state index < -0.39 is 195 Å². The van der Waals surface area contributed by atoms with Gasteiger partial charge in [-0.2, -0.15) is 0 Å². The van der Waals surface area contributed by atoms with Gasteiger partial charge in [0.25, 0.3) is 11.8 Å². The minimum atomic E-state index is -3.15. The number of nitrogens with zero attached hydrogens (tertiary/aromatic N) is 4. The number of rotatable bonds is 26. The van der Waals surface area contributed by atoms with Crippen LogP contribution in [-0.2, 0) is 133 Å². The predicted molar refractivity (Wildman–Crippen MR) is 399 cm³/mol. The highest BCUT2D eigenvalue weighted by atomic mass is 32.2. The molecular formula is C79H83N4O35S-. The number of ether oxygens (including phenoxy) is 18. The molecule has 0 spiro atoms. The van der Waals surface area contributed by atoms with Gasteiger partial charge in [-0.1, -0.05) is 48.6 Å². The maximum Gasteiger partial charge on any atom is 0.416 e. The molecule has 0 bridgehead atoms. The van der Waals surface area contributed by atoms with Crippen molar-refractivity contribution in [1.29, 1.82) is 0 Å². The predicted octanol–water partition coefficient (Wildman–Crippen LogP) is 5.06. The molecule has 636 valence electrons. The van der Waals surface area contributed by atoms with Crippen LogP contribution in [0.2, 0.25) is 0 Å². The lowest BCUT2D eigenvalue weighted by Crippen LogP contribution is -2.64. The third kappa shape index (κ3) is 20.2. The number of aliphatic hydroxyl groups is 2. The Morgan fingerprint density at radius 3 is 1.24 bits per heavy atom. The molecule has 5 aromatic carbocycles.